The van der Waals surface area contributed by atoms with E-state index in [1.165, 1.54) is 7.11 Å². The number of aryl methyl sites for hydroxylation is 1. The van der Waals surface area contributed by atoms with E-state index in [0.717, 1.165) is 5.56 Å². The van der Waals surface area contributed by atoms with Gasteiger partial charge in [-0.25, -0.2) is 9.59 Å². The van der Waals surface area contributed by atoms with Gasteiger partial charge < -0.3 is 25.2 Å². The highest BCUT2D eigenvalue weighted by molar-refractivity contribution is 6.04. The maximum absolute atomic E-state index is 12.6. The van der Waals surface area contributed by atoms with E-state index in [1.54, 1.807) is 51.1 Å². The van der Waals surface area contributed by atoms with Crippen LogP contribution < -0.4 is 15.4 Å². The third-order valence-corrected chi connectivity index (χ3v) is 4.53. The van der Waals surface area contributed by atoms with Crippen molar-refractivity contribution in [1.82, 2.24) is 5.32 Å². The van der Waals surface area contributed by atoms with Crippen LogP contribution >= 0.6 is 0 Å². The molecule has 0 aliphatic rings. The molecule has 172 valence electrons. The number of ether oxygens (including phenoxy) is 2. The molecule has 1 atom stereocenters. The van der Waals surface area contributed by atoms with Crippen molar-refractivity contribution in [3.8, 4) is 5.75 Å². The highest BCUT2D eigenvalue weighted by Gasteiger charge is 2.23. The number of aliphatic carboxylic acids is 1. The fraction of sp³-hybridized carbons (Fsp3) is 0.375. The fourth-order valence-electron chi connectivity index (χ4n) is 3.02. The first-order valence-electron chi connectivity index (χ1n) is 10.3. The Labute approximate surface area is 187 Å². The van der Waals surface area contributed by atoms with E-state index < -0.39 is 23.7 Å². The second-order valence-corrected chi connectivity index (χ2v) is 8.27. The number of anilines is 1. The lowest BCUT2D eigenvalue weighted by atomic mass is 10.0. The number of carbonyl (C=O) groups excluding carboxylic acids is 2. The van der Waals surface area contributed by atoms with Crippen LogP contribution in [0.15, 0.2) is 48.5 Å². The van der Waals surface area contributed by atoms with E-state index in [-0.39, 0.29) is 12.3 Å². The molecule has 0 fully saturated rings. The van der Waals surface area contributed by atoms with Gasteiger partial charge in [0.1, 0.15) is 17.4 Å². The molecule has 0 spiro atoms. The number of carboxylic acids is 1. The summed E-state index contributed by atoms with van der Waals surface area (Å²) in [5.74, 6) is -0.815. The topological polar surface area (TPSA) is 114 Å². The molecular formula is C24H30N2O6. The number of benzene rings is 2. The van der Waals surface area contributed by atoms with Crippen molar-refractivity contribution < 1.29 is 29.0 Å². The number of hydrogen-bond donors (Lipinski definition) is 3. The molecule has 0 saturated heterocycles. The maximum atomic E-state index is 12.6. The van der Waals surface area contributed by atoms with Gasteiger partial charge in [0.2, 0.25) is 0 Å². The Morgan fingerprint density at radius 1 is 1.06 bits per heavy atom. The van der Waals surface area contributed by atoms with Gasteiger partial charge in [0.25, 0.3) is 5.91 Å². The van der Waals surface area contributed by atoms with Crippen LogP contribution in [0.2, 0.25) is 0 Å². The van der Waals surface area contributed by atoms with Gasteiger partial charge in [-0.15, -0.1) is 0 Å². The Balaban J connectivity index is 1.99. The quantitative estimate of drug-likeness (QED) is 0.535. The number of nitrogens with one attached hydrogen (secondary N) is 2. The molecule has 0 bridgehead atoms. The Morgan fingerprint density at radius 3 is 2.44 bits per heavy atom. The van der Waals surface area contributed by atoms with E-state index in [9.17, 15) is 19.5 Å². The number of hydrogen-bond acceptors (Lipinski definition) is 5. The van der Waals surface area contributed by atoms with Gasteiger partial charge in [-0.05, 0) is 69.9 Å². The lowest BCUT2D eigenvalue weighted by Crippen LogP contribution is -2.43. The van der Waals surface area contributed by atoms with Gasteiger partial charge >= 0.3 is 12.1 Å². The van der Waals surface area contributed by atoms with Crippen molar-refractivity contribution in [3.63, 3.8) is 0 Å². The summed E-state index contributed by atoms with van der Waals surface area (Å²) < 4.78 is 10.3. The molecule has 0 aromatic heterocycles. The third-order valence-electron chi connectivity index (χ3n) is 4.53. The molecule has 2 aromatic carbocycles. The van der Waals surface area contributed by atoms with Gasteiger partial charge in [0.15, 0.2) is 0 Å². The number of para-hydroxylation sites is 1. The third kappa shape index (κ3) is 7.94. The average Bonchev–Trinajstić information content (AvgIpc) is 2.72. The first-order valence-corrected chi connectivity index (χ1v) is 10.3. The normalized spacial score (nSPS) is 11.9. The first kappa shape index (κ1) is 24.7. The summed E-state index contributed by atoms with van der Waals surface area (Å²) in [7, 11) is 1.54. The summed E-state index contributed by atoms with van der Waals surface area (Å²) in [6.07, 6.45) is 0.454. The van der Waals surface area contributed by atoms with Gasteiger partial charge in [-0.2, -0.15) is 0 Å². The molecule has 0 aliphatic heterocycles. The molecular weight excluding hydrogens is 412 g/mol. The minimum Gasteiger partial charge on any atom is -0.497 e. The van der Waals surface area contributed by atoms with Gasteiger partial charge in [0.05, 0.1) is 7.11 Å². The zero-order valence-electron chi connectivity index (χ0n) is 18.8. The second kappa shape index (κ2) is 11.2. The van der Waals surface area contributed by atoms with Crippen LogP contribution in [-0.2, 0) is 16.0 Å². The lowest BCUT2D eigenvalue weighted by molar-refractivity contribution is -0.139. The largest absolute Gasteiger partial charge is 0.497 e. The Kier molecular flexibility index (Phi) is 8.63. The van der Waals surface area contributed by atoms with Gasteiger partial charge in [0, 0.05) is 11.3 Å². The summed E-state index contributed by atoms with van der Waals surface area (Å²) in [6.45, 7) is 5.12. The van der Waals surface area contributed by atoms with Crippen molar-refractivity contribution >= 4 is 23.7 Å². The molecule has 32 heavy (non-hydrogen) atoms. The van der Waals surface area contributed by atoms with Crippen molar-refractivity contribution in [1.29, 1.82) is 0 Å². The van der Waals surface area contributed by atoms with E-state index >= 15 is 0 Å². The Bertz CT molecular complexity index is 952. The Morgan fingerprint density at radius 2 is 1.78 bits per heavy atom. The van der Waals surface area contributed by atoms with Crippen LogP contribution in [0.25, 0.3) is 0 Å². The van der Waals surface area contributed by atoms with Crippen LogP contribution in [0.1, 0.15) is 49.5 Å². The van der Waals surface area contributed by atoms with Gasteiger partial charge in [-0.3, -0.25) is 4.79 Å². The van der Waals surface area contributed by atoms with E-state index in [0.29, 0.717) is 29.8 Å². The smallest absolute Gasteiger partial charge is 0.408 e. The van der Waals surface area contributed by atoms with E-state index in [4.69, 9.17) is 9.47 Å². The van der Waals surface area contributed by atoms with Crippen molar-refractivity contribution in [2.45, 2.75) is 51.7 Å². The zero-order valence-corrected chi connectivity index (χ0v) is 18.8. The molecule has 0 radical (unpaired) electrons. The molecule has 1 unspecified atom stereocenters. The SMILES string of the molecule is COc1cccc(C(=O)Nc2ccccc2CCCC(NC(=O)OC(C)(C)C)C(=O)O)c1. The minimum absolute atomic E-state index is 0.215. The number of methoxy groups -OCH3 is 1. The molecule has 8 nitrogen and oxygen atoms in total. The van der Waals surface area contributed by atoms with Crippen LogP contribution in [-0.4, -0.2) is 41.8 Å². The highest BCUT2D eigenvalue weighted by Crippen LogP contribution is 2.20. The summed E-state index contributed by atoms with van der Waals surface area (Å²) >= 11 is 0. The van der Waals surface area contributed by atoms with Crippen molar-refractivity contribution in [2.24, 2.45) is 0 Å². The summed E-state index contributed by atoms with van der Waals surface area (Å²) in [5.41, 5.74) is 1.26. The molecule has 0 aliphatic carbocycles. The molecule has 8 heteroatoms. The van der Waals surface area contributed by atoms with Crippen molar-refractivity contribution in [3.05, 3.63) is 59.7 Å². The van der Waals surface area contributed by atoms with Crippen LogP contribution in [0, 0.1) is 0 Å². The molecule has 2 rings (SSSR count). The second-order valence-electron chi connectivity index (χ2n) is 8.27. The predicted octanol–water partition coefficient (Wildman–Crippen LogP) is 4.25. The van der Waals surface area contributed by atoms with Gasteiger partial charge in [-0.1, -0.05) is 24.3 Å². The zero-order chi connectivity index (χ0) is 23.7. The Hall–Kier alpha value is -3.55. The lowest BCUT2D eigenvalue weighted by Gasteiger charge is -2.22. The van der Waals surface area contributed by atoms with Crippen molar-refractivity contribution in [2.75, 3.05) is 12.4 Å². The summed E-state index contributed by atoms with van der Waals surface area (Å²) in [4.78, 5) is 36.1. The fourth-order valence-corrected chi connectivity index (χ4v) is 3.02. The number of carboxylic acid groups (broad SMARTS) is 1. The van der Waals surface area contributed by atoms with E-state index in [1.807, 2.05) is 18.2 Å². The molecule has 2 amide bonds. The number of carbonyl (C=O) groups is 3. The molecule has 3 N–H and O–H groups in total. The first-order chi connectivity index (χ1) is 15.1. The number of alkyl carbamates (subject to hydrolysis) is 1. The predicted molar refractivity (Wildman–Crippen MR) is 121 cm³/mol. The van der Waals surface area contributed by atoms with E-state index in [2.05, 4.69) is 10.6 Å². The van der Waals surface area contributed by atoms with Crippen LogP contribution in [0.4, 0.5) is 10.5 Å². The van der Waals surface area contributed by atoms with Crippen LogP contribution in [0.5, 0.6) is 5.75 Å². The standard InChI is InChI=1S/C24H30N2O6/c1-24(2,3)32-23(30)26-20(22(28)29)14-8-10-16-9-5-6-13-19(16)25-21(27)17-11-7-12-18(15-17)31-4/h5-7,9,11-13,15,20H,8,10,14H2,1-4H3,(H,25,27)(H,26,30)(H,28,29). The number of rotatable bonds is 9. The molecule has 0 heterocycles. The molecule has 0 saturated carbocycles. The highest BCUT2D eigenvalue weighted by atomic mass is 16.6. The molecule has 2 aromatic rings. The minimum atomic E-state index is -1.13. The maximum Gasteiger partial charge on any atom is 0.408 e. The summed E-state index contributed by atoms with van der Waals surface area (Å²) in [6, 6.07) is 13.1. The monoisotopic (exact) mass is 442 g/mol. The van der Waals surface area contributed by atoms with Crippen LogP contribution in [0.3, 0.4) is 0 Å². The number of amides is 2. The summed E-state index contributed by atoms with van der Waals surface area (Å²) in [5, 5.41) is 14.7. The average molecular weight is 443 g/mol.